The lowest BCUT2D eigenvalue weighted by Gasteiger charge is -2.05. The van der Waals surface area contributed by atoms with Crippen molar-refractivity contribution in [1.82, 2.24) is 0 Å². The van der Waals surface area contributed by atoms with Crippen LogP contribution in [-0.2, 0) is 20.7 Å². The molecule has 1 aliphatic heterocycles. The van der Waals surface area contributed by atoms with Crippen LogP contribution in [0.15, 0.2) is 42.5 Å². The molecule has 1 atom stereocenters. The molecule has 1 fully saturated rings. The Balaban J connectivity index is 1.92. The summed E-state index contributed by atoms with van der Waals surface area (Å²) in [6, 6.07) is 7.99. The zero-order valence-electron chi connectivity index (χ0n) is 11.1. The summed E-state index contributed by atoms with van der Waals surface area (Å²) in [6.45, 7) is 6.61. The monoisotopic (exact) mass is 258 g/mol. The zero-order valence-corrected chi connectivity index (χ0v) is 11.1. The normalized spacial score (nSPS) is 17.9. The number of carbonyl (C=O) groups excluding carboxylic acids is 1. The molecule has 3 nitrogen and oxygen atoms in total. The summed E-state index contributed by atoms with van der Waals surface area (Å²) < 4.78 is 10.1. The van der Waals surface area contributed by atoms with Gasteiger partial charge in [0.2, 0.25) is 0 Å². The minimum Gasteiger partial charge on any atom is -0.459 e. The van der Waals surface area contributed by atoms with Crippen LogP contribution in [0.25, 0.3) is 6.08 Å². The molecule has 0 aromatic heterocycles. The molecule has 0 radical (unpaired) electrons. The van der Waals surface area contributed by atoms with Crippen molar-refractivity contribution < 1.29 is 14.3 Å². The van der Waals surface area contributed by atoms with E-state index in [1.54, 1.807) is 6.92 Å². The van der Waals surface area contributed by atoms with Gasteiger partial charge in [-0.05, 0) is 24.5 Å². The molecule has 0 N–H and O–H groups in total. The van der Waals surface area contributed by atoms with Gasteiger partial charge in [-0.15, -0.1) is 0 Å². The van der Waals surface area contributed by atoms with Gasteiger partial charge in [-0.2, -0.15) is 0 Å². The van der Waals surface area contributed by atoms with E-state index in [-0.39, 0.29) is 12.1 Å². The van der Waals surface area contributed by atoms with Crippen LogP contribution in [-0.4, -0.2) is 25.3 Å². The van der Waals surface area contributed by atoms with Gasteiger partial charge in [-0.3, -0.25) is 0 Å². The molecular formula is C16H18O3. The van der Waals surface area contributed by atoms with E-state index in [1.165, 1.54) is 0 Å². The molecule has 100 valence electrons. The number of rotatable bonds is 6. The molecule has 0 saturated carbocycles. The number of ether oxygens (including phenoxy) is 2. The Labute approximate surface area is 113 Å². The fraction of sp³-hybridized carbons (Fsp3) is 0.312. The molecular weight excluding hydrogens is 240 g/mol. The summed E-state index contributed by atoms with van der Waals surface area (Å²) in [4.78, 5) is 11.7. The number of hydrogen-bond acceptors (Lipinski definition) is 3. The molecule has 1 heterocycles. The first-order valence-electron chi connectivity index (χ1n) is 6.36. The Morgan fingerprint density at radius 2 is 2.26 bits per heavy atom. The molecule has 2 rings (SSSR count). The van der Waals surface area contributed by atoms with Crippen LogP contribution in [0.4, 0.5) is 0 Å². The Kier molecular flexibility index (Phi) is 4.53. The zero-order chi connectivity index (χ0) is 13.7. The van der Waals surface area contributed by atoms with Crippen LogP contribution in [0.1, 0.15) is 18.1 Å². The van der Waals surface area contributed by atoms with E-state index in [0.29, 0.717) is 25.2 Å². The number of benzene rings is 1. The second-order valence-corrected chi connectivity index (χ2v) is 4.55. The number of carbonyl (C=O) groups is 1. The maximum atomic E-state index is 11.7. The average Bonchev–Trinajstić information content (AvgIpc) is 3.26. The lowest BCUT2D eigenvalue weighted by atomic mass is 10.0. The Hall–Kier alpha value is -1.87. The fourth-order valence-electron chi connectivity index (χ4n) is 1.71. The van der Waals surface area contributed by atoms with Crippen molar-refractivity contribution >= 4 is 12.0 Å². The van der Waals surface area contributed by atoms with Crippen LogP contribution in [0.3, 0.4) is 0 Å². The Bertz CT molecular complexity index is 498. The van der Waals surface area contributed by atoms with Crippen LogP contribution in [0.2, 0.25) is 0 Å². The van der Waals surface area contributed by atoms with Crippen LogP contribution < -0.4 is 0 Å². The molecule has 1 unspecified atom stereocenters. The predicted octanol–water partition coefficient (Wildman–Crippen LogP) is 2.76. The van der Waals surface area contributed by atoms with Gasteiger partial charge in [0, 0.05) is 5.57 Å². The largest absolute Gasteiger partial charge is 0.459 e. The Morgan fingerprint density at radius 1 is 1.53 bits per heavy atom. The number of allylic oxidation sites excluding steroid dienone is 1. The van der Waals surface area contributed by atoms with E-state index in [4.69, 9.17) is 9.47 Å². The molecule has 1 aromatic rings. The highest BCUT2D eigenvalue weighted by Gasteiger charge is 2.24. The fourth-order valence-corrected chi connectivity index (χ4v) is 1.71. The van der Waals surface area contributed by atoms with Crippen molar-refractivity contribution in [2.75, 3.05) is 13.2 Å². The quantitative estimate of drug-likeness (QED) is 0.447. The predicted molar refractivity (Wildman–Crippen MR) is 74.7 cm³/mol. The maximum absolute atomic E-state index is 11.7. The highest BCUT2D eigenvalue weighted by molar-refractivity contribution is 5.87. The molecule has 0 amide bonds. The summed E-state index contributed by atoms with van der Waals surface area (Å²) in [5.74, 6) is -0.272. The van der Waals surface area contributed by atoms with Gasteiger partial charge in [0.05, 0.1) is 6.61 Å². The minimum absolute atomic E-state index is 0.109. The van der Waals surface area contributed by atoms with E-state index in [1.807, 2.05) is 36.4 Å². The van der Waals surface area contributed by atoms with Crippen molar-refractivity contribution in [1.29, 1.82) is 0 Å². The van der Waals surface area contributed by atoms with E-state index in [2.05, 4.69) is 6.58 Å². The van der Waals surface area contributed by atoms with Gasteiger partial charge >= 0.3 is 5.97 Å². The summed E-state index contributed by atoms with van der Waals surface area (Å²) >= 11 is 0. The number of hydrogen-bond donors (Lipinski definition) is 0. The first-order chi connectivity index (χ1) is 9.20. The SMILES string of the molecule is C=Cc1ccccc1CC=C(C)C(=O)OCC1CO1. The highest BCUT2D eigenvalue weighted by atomic mass is 16.6. The van der Waals surface area contributed by atoms with Crippen LogP contribution in [0, 0.1) is 0 Å². The summed E-state index contributed by atoms with van der Waals surface area (Å²) in [5.41, 5.74) is 2.86. The molecule has 0 bridgehead atoms. The van der Waals surface area contributed by atoms with Crippen molar-refractivity contribution in [3.63, 3.8) is 0 Å². The Morgan fingerprint density at radius 3 is 2.95 bits per heavy atom. The van der Waals surface area contributed by atoms with Crippen LogP contribution in [0.5, 0.6) is 0 Å². The summed E-state index contributed by atoms with van der Waals surface area (Å²) in [6.07, 6.45) is 4.51. The molecule has 1 saturated heterocycles. The lowest BCUT2D eigenvalue weighted by Crippen LogP contribution is -2.10. The van der Waals surface area contributed by atoms with E-state index in [0.717, 1.165) is 11.1 Å². The topological polar surface area (TPSA) is 38.8 Å². The molecule has 1 aliphatic rings. The second-order valence-electron chi connectivity index (χ2n) is 4.55. The van der Waals surface area contributed by atoms with Gasteiger partial charge < -0.3 is 9.47 Å². The third-order valence-electron chi connectivity index (χ3n) is 3.03. The van der Waals surface area contributed by atoms with Gasteiger partial charge in [0.15, 0.2) is 0 Å². The van der Waals surface area contributed by atoms with Gasteiger partial charge in [0.1, 0.15) is 12.7 Å². The van der Waals surface area contributed by atoms with Crippen molar-refractivity contribution in [3.05, 3.63) is 53.6 Å². The molecule has 0 aliphatic carbocycles. The third-order valence-corrected chi connectivity index (χ3v) is 3.03. The van der Waals surface area contributed by atoms with Crippen LogP contribution >= 0.6 is 0 Å². The molecule has 1 aromatic carbocycles. The van der Waals surface area contributed by atoms with E-state index < -0.39 is 0 Å². The lowest BCUT2D eigenvalue weighted by molar-refractivity contribution is -0.139. The third kappa shape index (κ3) is 4.07. The number of esters is 1. The number of epoxide rings is 1. The van der Waals surface area contributed by atoms with Crippen molar-refractivity contribution in [3.8, 4) is 0 Å². The molecule has 0 spiro atoms. The maximum Gasteiger partial charge on any atom is 0.333 e. The molecule has 3 heteroatoms. The summed E-state index contributed by atoms with van der Waals surface area (Å²) in [7, 11) is 0. The van der Waals surface area contributed by atoms with Gasteiger partial charge in [-0.1, -0.05) is 43.0 Å². The van der Waals surface area contributed by atoms with E-state index in [9.17, 15) is 4.79 Å². The summed E-state index contributed by atoms with van der Waals surface area (Å²) in [5, 5.41) is 0. The minimum atomic E-state index is -0.272. The average molecular weight is 258 g/mol. The van der Waals surface area contributed by atoms with Crippen molar-refractivity contribution in [2.45, 2.75) is 19.4 Å². The van der Waals surface area contributed by atoms with Gasteiger partial charge in [-0.25, -0.2) is 4.79 Å². The van der Waals surface area contributed by atoms with Crippen molar-refractivity contribution in [2.24, 2.45) is 0 Å². The first kappa shape index (κ1) is 13.6. The molecule has 19 heavy (non-hydrogen) atoms. The van der Waals surface area contributed by atoms with E-state index >= 15 is 0 Å². The highest BCUT2D eigenvalue weighted by Crippen LogP contribution is 2.13. The smallest absolute Gasteiger partial charge is 0.333 e. The standard InChI is InChI=1S/C16H18O3/c1-3-13-6-4-5-7-14(13)9-8-12(2)16(17)19-11-15-10-18-15/h3-8,15H,1,9-11H2,2H3. The van der Waals surface area contributed by atoms with Gasteiger partial charge in [0.25, 0.3) is 0 Å². The second kappa shape index (κ2) is 6.34. The first-order valence-corrected chi connectivity index (χ1v) is 6.36.